The fourth-order valence-electron chi connectivity index (χ4n) is 0.790. The van der Waals surface area contributed by atoms with Gasteiger partial charge in [0.25, 0.3) is 0 Å². The SMILES string of the molecule is CC(C)CNC(O)CCNC(=O)O. The van der Waals surface area contributed by atoms with Crippen molar-refractivity contribution in [2.75, 3.05) is 13.1 Å². The third-order valence-electron chi connectivity index (χ3n) is 1.46. The second-order valence-corrected chi connectivity index (χ2v) is 3.34. The lowest BCUT2D eigenvalue weighted by atomic mass is 10.2. The molecule has 1 atom stereocenters. The maximum atomic E-state index is 10.0. The Morgan fingerprint density at radius 1 is 1.46 bits per heavy atom. The van der Waals surface area contributed by atoms with E-state index in [0.717, 1.165) is 6.54 Å². The van der Waals surface area contributed by atoms with Crippen molar-refractivity contribution in [3.05, 3.63) is 0 Å². The molecule has 0 spiro atoms. The normalized spacial score (nSPS) is 12.9. The van der Waals surface area contributed by atoms with Gasteiger partial charge in [-0.25, -0.2) is 4.79 Å². The van der Waals surface area contributed by atoms with Gasteiger partial charge in [0.2, 0.25) is 0 Å². The average Bonchev–Trinajstić information content (AvgIpc) is 2.00. The smallest absolute Gasteiger partial charge is 0.404 e. The lowest BCUT2D eigenvalue weighted by molar-refractivity contribution is 0.122. The zero-order valence-corrected chi connectivity index (χ0v) is 8.08. The standard InChI is InChI=1S/C8H18N2O3/c1-6(2)5-10-7(11)3-4-9-8(12)13/h6-7,9-11H,3-5H2,1-2H3,(H,12,13). The number of carboxylic acid groups (broad SMARTS) is 1. The number of amides is 1. The Hall–Kier alpha value is -0.810. The molecule has 0 aliphatic rings. The van der Waals surface area contributed by atoms with Crippen molar-refractivity contribution in [1.29, 1.82) is 0 Å². The highest BCUT2D eigenvalue weighted by Crippen LogP contribution is 1.91. The first-order valence-electron chi connectivity index (χ1n) is 4.40. The minimum Gasteiger partial charge on any atom is -0.465 e. The molecule has 0 aliphatic carbocycles. The maximum absolute atomic E-state index is 10.0. The van der Waals surface area contributed by atoms with Gasteiger partial charge in [-0.2, -0.15) is 0 Å². The zero-order valence-electron chi connectivity index (χ0n) is 8.08. The summed E-state index contributed by atoms with van der Waals surface area (Å²) in [5.74, 6) is 0.474. The molecule has 0 heterocycles. The molecular formula is C8H18N2O3. The third-order valence-corrected chi connectivity index (χ3v) is 1.46. The number of aliphatic hydroxyl groups is 1. The van der Waals surface area contributed by atoms with Gasteiger partial charge in [0.05, 0.1) is 0 Å². The first-order chi connectivity index (χ1) is 6.02. The molecule has 1 amide bonds. The average molecular weight is 190 g/mol. The fraction of sp³-hybridized carbons (Fsp3) is 0.875. The first-order valence-corrected chi connectivity index (χ1v) is 4.40. The van der Waals surface area contributed by atoms with Crippen LogP contribution in [0.15, 0.2) is 0 Å². The fourth-order valence-corrected chi connectivity index (χ4v) is 0.790. The lowest BCUT2D eigenvalue weighted by Gasteiger charge is -2.13. The number of rotatable bonds is 6. The van der Waals surface area contributed by atoms with Crippen LogP contribution in [-0.2, 0) is 0 Å². The van der Waals surface area contributed by atoms with Crippen molar-refractivity contribution in [2.24, 2.45) is 5.92 Å². The van der Waals surface area contributed by atoms with Crippen molar-refractivity contribution in [1.82, 2.24) is 10.6 Å². The Balaban J connectivity index is 3.29. The molecule has 13 heavy (non-hydrogen) atoms. The van der Waals surface area contributed by atoms with Crippen molar-refractivity contribution in [2.45, 2.75) is 26.5 Å². The Morgan fingerprint density at radius 2 is 2.08 bits per heavy atom. The predicted molar refractivity (Wildman–Crippen MR) is 49.5 cm³/mol. The van der Waals surface area contributed by atoms with Gasteiger partial charge >= 0.3 is 6.09 Å². The van der Waals surface area contributed by atoms with Gasteiger partial charge in [0.15, 0.2) is 0 Å². The monoisotopic (exact) mass is 190 g/mol. The number of hydrogen-bond acceptors (Lipinski definition) is 3. The molecule has 0 radical (unpaired) electrons. The first kappa shape index (κ1) is 12.2. The summed E-state index contributed by atoms with van der Waals surface area (Å²) in [6.07, 6.45) is -1.30. The summed E-state index contributed by atoms with van der Waals surface area (Å²) in [4.78, 5) is 10.0. The summed E-state index contributed by atoms with van der Waals surface area (Å²) in [5, 5.41) is 22.6. The second kappa shape index (κ2) is 6.68. The highest BCUT2D eigenvalue weighted by Gasteiger charge is 2.04. The summed E-state index contributed by atoms with van der Waals surface area (Å²) in [6.45, 7) is 5.07. The van der Waals surface area contributed by atoms with Crippen molar-refractivity contribution in [3.8, 4) is 0 Å². The van der Waals surface area contributed by atoms with Crippen molar-refractivity contribution < 1.29 is 15.0 Å². The van der Waals surface area contributed by atoms with E-state index < -0.39 is 12.3 Å². The number of carbonyl (C=O) groups is 1. The zero-order chi connectivity index (χ0) is 10.3. The van der Waals surface area contributed by atoms with E-state index in [1.165, 1.54) is 0 Å². The molecule has 0 bridgehead atoms. The van der Waals surface area contributed by atoms with Crippen LogP contribution in [0.5, 0.6) is 0 Å². The minimum atomic E-state index is -1.06. The van der Waals surface area contributed by atoms with E-state index >= 15 is 0 Å². The number of aliphatic hydroxyl groups excluding tert-OH is 1. The molecular weight excluding hydrogens is 172 g/mol. The summed E-state index contributed by atoms with van der Waals surface area (Å²) in [6, 6.07) is 0. The molecule has 0 aromatic carbocycles. The van der Waals surface area contributed by atoms with Gasteiger partial charge in [0.1, 0.15) is 6.23 Å². The van der Waals surface area contributed by atoms with Crippen LogP contribution in [0.25, 0.3) is 0 Å². The largest absolute Gasteiger partial charge is 0.465 e. The number of hydrogen-bond donors (Lipinski definition) is 4. The molecule has 1 unspecified atom stereocenters. The summed E-state index contributed by atoms with van der Waals surface area (Å²) >= 11 is 0. The molecule has 0 rings (SSSR count). The quantitative estimate of drug-likeness (QED) is 0.451. The summed E-state index contributed by atoms with van der Waals surface area (Å²) in [7, 11) is 0. The second-order valence-electron chi connectivity index (χ2n) is 3.34. The Bertz CT molecular complexity index is 150. The third kappa shape index (κ3) is 9.10. The van der Waals surface area contributed by atoms with Crippen LogP contribution in [0.3, 0.4) is 0 Å². The number of nitrogens with one attached hydrogen (secondary N) is 2. The van der Waals surface area contributed by atoms with E-state index in [4.69, 9.17) is 5.11 Å². The molecule has 0 aromatic rings. The lowest BCUT2D eigenvalue weighted by Crippen LogP contribution is -2.35. The predicted octanol–water partition coefficient (Wildman–Crippen LogP) is 0.208. The van der Waals surface area contributed by atoms with Crippen LogP contribution in [0.2, 0.25) is 0 Å². The molecule has 5 heteroatoms. The van der Waals surface area contributed by atoms with Crippen molar-refractivity contribution in [3.63, 3.8) is 0 Å². The topological polar surface area (TPSA) is 81.6 Å². The highest BCUT2D eigenvalue weighted by atomic mass is 16.4. The van der Waals surface area contributed by atoms with Crippen LogP contribution in [0, 0.1) is 5.92 Å². The van der Waals surface area contributed by atoms with Gasteiger partial charge < -0.3 is 15.5 Å². The van der Waals surface area contributed by atoms with Crippen molar-refractivity contribution >= 4 is 6.09 Å². The highest BCUT2D eigenvalue weighted by molar-refractivity contribution is 5.64. The van der Waals surface area contributed by atoms with E-state index in [1.807, 2.05) is 13.8 Å². The van der Waals surface area contributed by atoms with Gasteiger partial charge in [-0.05, 0) is 12.5 Å². The molecule has 0 saturated heterocycles. The van der Waals surface area contributed by atoms with E-state index in [2.05, 4.69) is 10.6 Å². The summed E-state index contributed by atoms with van der Waals surface area (Å²) < 4.78 is 0. The van der Waals surface area contributed by atoms with E-state index in [-0.39, 0.29) is 6.54 Å². The van der Waals surface area contributed by atoms with E-state index in [1.54, 1.807) is 0 Å². The summed E-state index contributed by atoms with van der Waals surface area (Å²) in [5.41, 5.74) is 0. The van der Waals surface area contributed by atoms with Crippen LogP contribution in [-0.4, -0.2) is 35.6 Å². The Morgan fingerprint density at radius 3 is 2.54 bits per heavy atom. The van der Waals surface area contributed by atoms with Crippen LogP contribution < -0.4 is 10.6 Å². The van der Waals surface area contributed by atoms with Gasteiger partial charge in [-0.1, -0.05) is 13.8 Å². The minimum absolute atomic E-state index is 0.265. The van der Waals surface area contributed by atoms with Crippen LogP contribution in [0.4, 0.5) is 4.79 Å². The van der Waals surface area contributed by atoms with E-state index in [9.17, 15) is 9.90 Å². The van der Waals surface area contributed by atoms with Crippen LogP contribution >= 0.6 is 0 Å². The maximum Gasteiger partial charge on any atom is 0.404 e. The molecule has 0 aromatic heterocycles. The molecule has 5 nitrogen and oxygen atoms in total. The molecule has 78 valence electrons. The van der Waals surface area contributed by atoms with Gasteiger partial charge in [0, 0.05) is 13.0 Å². The van der Waals surface area contributed by atoms with Gasteiger partial charge in [-0.3, -0.25) is 5.32 Å². The molecule has 4 N–H and O–H groups in total. The Kier molecular flexibility index (Phi) is 6.26. The van der Waals surface area contributed by atoms with Gasteiger partial charge in [-0.15, -0.1) is 0 Å². The molecule has 0 saturated carbocycles. The molecule has 0 aliphatic heterocycles. The molecule has 0 fully saturated rings. The van der Waals surface area contributed by atoms with E-state index in [0.29, 0.717) is 12.3 Å². The Labute approximate surface area is 78.1 Å². The van der Waals surface area contributed by atoms with Crippen LogP contribution in [0.1, 0.15) is 20.3 Å².